The topological polar surface area (TPSA) is 40.5 Å². The fourth-order valence-electron chi connectivity index (χ4n) is 3.80. The molecule has 0 aliphatic rings. The lowest BCUT2D eigenvalue weighted by molar-refractivity contribution is -0.114. The highest BCUT2D eigenvalue weighted by molar-refractivity contribution is 6.02. The number of allylic oxidation sites excluding steroid dienone is 1. The van der Waals surface area contributed by atoms with E-state index in [0.717, 1.165) is 23.2 Å². The number of nitrogens with zero attached hydrogens (tertiary/aromatic N) is 1. The van der Waals surface area contributed by atoms with E-state index in [1.54, 1.807) is 4.90 Å². The summed E-state index contributed by atoms with van der Waals surface area (Å²) in [6.45, 7) is 6.28. The maximum absolute atomic E-state index is 12.3. The smallest absolute Gasteiger partial charge is 0.250 e. The molecule has 0 atom stereocenters. The average molecular weight is 412 g/mol. The molecule has 0 bridgehead atoms. The number of carbonyl (C=O) groups excluding carboxylic acids is 1. The second kappa shape index (κ2) is 11.1. The quantitative estimate of drug-likeness (QED) is 0.349. The van der Waals surface area contributed by atoms with Crippen LogP contribution in [0, 0.1) is 0 Å². The first-order valence-corrected chi connectivity index (χ1v) is 10.7. The third-order valence-corrected chi connectivity index (χ3v) is 5.29. The van der Waals surface area contributed by atoms with Crippen molar-refractivity contribution >= 4 is 22.7 Å². The Kier molecular flexibility index (Phi) is 7.97. The van der Waals surface area contributed by atoms with E-state index in [-0.39, 0.29) is 12.5 Å². The van der Waals surface area contributed by atoms with E-state index in [0.29, 0.717) is 13.0 Å². The van der Waals surface area contributed by atoms with Crippen LogP contribution >= 0.6 is 0 Å². The molecule has 3 nitrogen and oxygen atoms in total. The summed E-state index contributed by atoms with van der Waals surface area (Å²) in [6.07, 6.45) is 2.73. The molecule has 31 heavy (non-hydrogen) atoms. The summed E-state index contributed by atoms with van der Waals surface area (Å²) in [7, 11) is 0. The summed E-state index contributed by atoms with van der Waals surface area (Å²) in [6, 6.07) is 28.9. The van der Waals surface area contributed by atoms with Crippen LogP contribution in [0.4, 0.5) is 5.69 Å². The minimum atomic E-state index is -0.168. The number of rotatable bonds is 9. The highest BCUT2D eigenvalue weighted by Crippen LogP contribution is 2.35. The molecular weight excluding hydrogens is 382 g/mol. The Labute approximate surface area is 185 Å². The zero-order valence-electron chi connectivity index (χ0n) is 18.0. The van der Waals surface area contributed by atoms with Crippen LogP contribution < -0.4 is 4.90 Å². The molecule has 0 aliphatic carbocycles. The average Bonchev–Trinajstić information content (AvgIpc) is 2.84. The van der Waals surface area contributed by atoms with Gasteiger partial charge in [-0.3, -0.25) is 4.79 Å². The number of anilines is 1. The Hall–Kier alpha value is -3.43. The van der Waals surface area contributed by atoms with E-state index in [4.69, 9.17) is 0 Å². The molecular formula is C28H29NO2. The van der Waals surface area contributed by atoms with Gasteiger partial charge in [0.1, 0.15) is 0 Å². The van der Waals surface area contributed by atoms with Crippen molar-refractivity contribution in [3.63, 3.8) is 0 Å². The highest BCUT2D eigenvalue weighted by Gasteiger charge is 2.15. The molecule has 0 aromatic heterocycles. The van der Waals surface area contributed by atoms with Crippen molar-refractivity contribution in [2.75, 3.05) is 18.1 Å². The lowest BCUT2D eigenvalue weighted by Crippen LogP contribution is -2.30. The standard InChI is InChI=1S/C28H29NO2/c1-3-26(22-12-7-5-8-13-22)28(23-14-9-6-10-15-23)24-16-18-25(19-17-24)29(20-11-21-30)27(31)4-2/h4-10,12-19,30H,2-3,11,20-21H2,1H3. The Morgan fingerprint density at radius 1 is 0.871 bits per heavy atom. The molecule has 3 rings (SSSR count). The molecule has 1 N–H and O–H groups in total. The Balaban J connectivity index is 2.10. The fraction of sp³-hybridized carbons (Fsp3) is 0.179. The monoisotopic (exact) mass is 411 g/mol. The number of hydrogen-bond acceptors (Lipinski definition) is 2. The van der Waals surface area contributed by atoms with Crippen LogP contribution in [0.5, 0.6) is 0 Å². The van der Waals surface area contributed by atoms with Gasteiger partial charge in [0, 0.05) is 18.8 Å². The van der Waals surface area contributed by atoms with Crippen LogP contribution in [-0.2, 0) is 4.79 Å². The molecule has 0 aliphatic heterocycles. The molecule has 0 saturated heterocycles. The van der Waals surface area contributed by atoms with Crippen molar-refractivity contribution in [3.8, 4) is 0 Å². The summed E-state index contributed by atoms with van der Waals surface area (Å²) in [4.78, 5) is 14.0. The van der Waals surface area contributed by atoms with Crippen LogP contribution in [0.25, 0.3) is 11.1 Å². The molecule has 3 aromatic carbocycles. The van der Waals surface area contributed by atoms with Crippen LogP contribution in [0.3, 0.4) is 0 Å². The zero-order chi connectivity index (χ0) is 22.1. The minimum Gasteiger partial charge on any atom is -0.396 e. The lowest BCUT2D eigenvalue weighted by atomic mass is 9.88. The van der Waals surface area contributed by atoms with Gasteiger partial charge in [0.25, 0.3) is 0 Å². The molecule has 0 fully saturated rings. The van der Waals surface area contributed by atoms with Crippen molar-refractivity contribution in [2.45, 2.75) is 19.8 Å². The highest BCUT2D eigenvalue weighted by atomic mass is 16.3. The zero-order valence-corrected chi connectivity index (χ0v) is 18.0. The number of carbonyl (C=O) groups is 1. The summed E-state index contributed by atoms with van der Waals surface area (Å²) in [5.74, 6) is -0.168. The molecule has 1 amide bonds. The summed E-state index contributed by atoms with van der Waals surface area (Å²) < 4.78 is 0. The second-order valence-corrected chi connectivity index (χ2v) is 7.26. The summed E-state index contributed by atoms with van der Waals surface area (Å²) in [5, 5.41) is 9.19. The largest absolute Gasteiger partial charge is 0.396 e. The van der Waals surface area contributed by atoms with Gasteiger partial charge in [-0.2, -0.15) is 0 Å². The van der Waals surface area contributed by atoms with E-state index in [1.807, 2.05) is 24.3 Å². The SMILES string of the molecule is C=CC(=O)N(CCCO)c1ccc(C(=C(CC)c2ccccc2)c2ccccc2)cc1. The number of hydrogen-bond donors (Lipinski definition) is 1. The summed E-state index contributed by atoms with van der Waals surface area (Å²) >= 11 is 0. The van der Waals surface area contributed by atoms with Crippen LogP contribution in [0.2, 0.25) is 0 Å². The third-order valence-electron chi connectivity index (χ3n) is 5.29. The number of amides is 1. The number of benzene rings is 3. The third kappa shape index (κ3) is 5.39. The van der Waals surface area contributed by atoms with E-state index in [1.165, 1.54) is 22.8 Å². The van der Waals surface area contributed by atoms with Crippen LogP contribution in [0.15, 0.2) is 97.6 Å². The van der Waals surface area contributed by atoms with Gasteiger partial charge >= 0.3 is 0 Å². The predicted octanol–water partition coefficient (Wildman–Crippen LogP) is 5.96. The Bertz CT molecular complexity index is 1020. The van der Waals surface area contributed by atoms with E-state index >= 15 is 0 Å². The maximum Gasteiger partial charge on any atom is 0.250 e. The van der Waals surface area contributed by atoms with Gasteiger partial charge in [0.15, 0.2) is 0 Å². The van der Waals surface area contributed by atoms with Gasteiger partial charge in [-0.15, -0.1) is 0 Å². The van der Waals surface area contributed by atoms with E-state index < -0.39 is 0 Å². The summed E-state index contributed by atoms with van der Waals surface area (Å²) in [5.41, 5.74) is 6.74. The fourth-order valence-corrected chi connectivity index (χ4v) is 3.80. The minimum absolute atomic E-state index is 0.0385. The van der Waals surface area contributed by atoms with Crippen molar-refractivity contribution in [3.05, 3.63) is 114 Å². The number of aliphatic hydroxyl groups excluding tert-OH is 1. The molecule has 0 radical (unpaired) electrons. The molecule has 0 spiro atoms. The number of aliphatic hydroxyl groups is 1. The molecule has 0 unspecified atom stereocenters. The first-order chi connectivity index (χ1) is 15.2. The van der Waals surface area contributed by atoms with Gasteiger partial charge in [0.05, 0.1) is 0 Å². The molecule has 0 heterocycles. The predicted molar refractivity (Wildman–Crippen MR) is 130 cm³/mol. The van der Waals surface area contributed by atoms with Gasteiger partial charge in [-0.25, -0.2) is 0 Å². The van der Waals surface area contributed by atoms with E-state index in [2.05, 4.69) is 74.2 Å². The van der Waals surface area contributed by atoms with Crippen molar-refractivity contribution in [1.82, 2.24) is 0 Å². The van der Waals surface area contributed by atoms with Crippen molar-refractivity contribution in [2.24, 2.45) is 0 Å². The molecule has 158 valence electrons. The van der Waals surface area contributed by atoms with Gasteiger partial charge in [-0.05, 0) is 58.9 Å². The normalized spacial score (nSPS) is 11.5. The lowest BCUT2D eigenvalue weighted by Gasteiger charge is -2.22. The maximum atomic E-state index is 12.3. The Morgan fingerprint density at radius 2 is 1.42 bits per heavy atom. The van der Waals surface area contributed by atoms with E-state index in [9.17, 15) is 9.90 Å². The second-order valence-electron chi connectivity index (χ2n) is 7.26. The Morgan fingerprint density at radius 3 is 1.94 bits per heavy atom. The van der Waals surface area contributed by atoms with Crippen LogP contribution in [0.1, 0.15) is 36.5 Å². The van der Waals surface area contributed by atoms with Crippen molar-refractivity contribution < 1.29 is 9.90 Å². The van der Waals surface area contributed by atoms with Gasteiger partial charge in [-0.1, -0.05) is 86.3 Å². The van der Waals surface area contributed by atoms with Gasteiger partial charge in [0.2, 0.25) is 5.91 Å². The first-order valence-electron chi connectivity index (χ1n) is 10.7. The molecule has 3 heteroatoms. The molecule has 0 saturated carbocycles. The van der Waals surface area contributed by atoms with Crippen LogP contribution in [-0.4, -0.2) is 24.2 Å². The first kappa shape index (κ1) is 22.3. The molecule has 3 aromatic rings. The van der Waals surface area contributed by atoms with Gasteiger partial charge < -0.3 is 10.0 Å². The van der Waals surface area contributed by atoms with Crippen molar-refractivity contribution in [1.29, 1.82) is 0 Å².